The van der Waals surface area contributed by atoms with E-state index in [1.165, 1.54) is 19.3 Å². The SMILES string of the molecule is CCNC(=NCc1cccc(NC(=O)CC(C)C)c1)NCC1(CCOC)CCC1.I. The zero-order valence-corrected chi connectivity index (χ0v) is 21.3. The van der Waals surface area contributed by atoms with Gasteiger partial charge in [0.25, 0.3) is 0 Å². The first-order chi connectivity index (χ1) is 14.0. The van der Waals surface area contributed by atoms with E-state index in [0.29, 0.717) is 24.3 Å². The summed E-state index contributed by atoms with van der Waals surface area (Å²) < 4.78 is 5.29. The Kier molecular flexibility index (Phi) is 12.3. The van der Waals surface area contributed by atoms with Gasteiger partial charge in [0.05, 0.1) is 6.54 Å². The molecule has 1 amide bonds. The third-order valence-electron chi connectivity index (χ3n) is 5.45. The number of rotatable bonds is 11. The molecule has 3 N–H and O–H groups in total. The number of hydrogen-bond donors (Lipinski definition) is 3. The number of hydrogen-bond acceptors (Lipinski definition) is 3. The monoisotopic (exact) mass is 530 g/mol. The Balaban J connectivity index is 0.00000450. The standard InChI is InChI=1S/C23H38N4O2.HI/c1-5-24-22(26-17-23(10-7-11-23)12-13-29-4)25-16-19-8-6-9-20(15-19)27-21(28)14-18(2)3;/h6,8-9,15,18H,5,7,10-14,16-17H2,1-4H3,(H,27,28)(H2,24,25,26);1H. The number of nitrogens with one attached hydrogen (secondary N) is 3. The van der Waals surface area contributed by atoms with Gasteiger partial charge in [-0.1, -0.05) is 32.4 Å². The van der Waals surface area contributed by atoms with Crippen LogP contribution in [-0.2, 0) is 16.1 Å². The van der Waals surface area contributed by atoms with Crippen LogP contribution in [0.3, 0.4) is 0 Å². The fourth-order valence-electron chi connectivity index (χ4n) is 3.62. The Morgan fingerprint density at radius 3 is 2.63 bits per heavy atom. The lowest BCUT2D eigenvalue weighted by molar-refractivity contribution is -0.116. The second-order valence-corrected chi connectivity index (χ2v) is 8.49. The first kappa shape index (κ1) is 26.7. The molecule has 2 rings (SSSR count). The first-order valence-electron chi connectivity index (χ1n) is 10.9. The summed E-state index contributed by atoms with van der Waals surface area (Å²) in [5.41, 5.74) is 2.24. The quantitative estimate of drug-likeness (QED) is 0.223. The first-order valence-corrected chi connectivity index (χ1v) is 10.9. The predicted octanol–water partition coefficient (Wildman–Crippen LogP) is 4.55. The molecule has 1 saturated carbocycles. The Bertz CT molecular complexity index is 675. The molecule has 6 nitrogen and oxygen atoms in total. The van der Waals surface area contributed by atoms with Crippen LogP contribution in [0.25, 0.3) is 0 Å². The van der Waals surface area contributed by atoms with E-state index in [0.717, 1.165) is 43.3 Å². The second kappa shape index (κ2) is 13.9. The van der Waals surface area contributed by atoms with Crippen LogP contribution in [0.2, 0.25) is 0 Å². The average Bonchev–Trinajstić information content (AvgIpc) is 2.64. The predicted molar refractivity (Wildman–Crippen MR) is 136 cm³/mol. The third-order valence-corrected chi connectivity index (χ3v) is 5.45. The normalized spacial score (nSPS) is 15.2. The maximum absolute atomic E-state index is 12.0. The summed E-state index contributed by atoms with van der Waals surface area (Å²) >= 11 is 0. The Labute approximate surface area is 199 Å². The van der Waals surface area contributed by atoms with E-state index in [-0.39, 0.29) is 29.9 Å². The highest BCUT2D eigenvalue weighted by atomic mass is 127. The second-order valence-electron chi connectivity index (χ2n) is 8.49. The van der Waals surface area contributed by atoms with Crippen molar-refractivity contribution in [3.05, 3.63) is 29.8 Å². The molecule has 0 saturated heterocycles. The maximum Gasteiger partial charge on any atom is 0.224 e. The Morgan fingerprint density at radius 2 is 2.03 bits per heavy atom. The molecule has 1 fully saturated rings. The van der Waals surface area contributed by atoms with Crippen LogP contribution in [-0.4, -0.2) is 38.7 Å². The van der Waals surface area contributed by atoms with E-state index >= 15 is 0 Å². The van der Waals surface area contributed by atoms with Gasteiger partial charge in [0.15, 0.2) is 5.96 Å². The molecular weight excluding hydrogens is 491 g/mol. The molecule has 0 unspecified atom stereocenters. The molecule has 0 spiro atoms. The number of guanidine groups is 1. The van der Waals surface area contributed by atoms with Gasteiger partial charge in [-0.25, -0.2) is 4.99 Å². The summed E-state index contributed by atoms with van der Waals surface area (Å²) in [6.07, 6.45) is 5.42. The number of halogens is 1. The van der Waals surface area contributed by atoms with Crippen molar-refractivity contribution in [1.82, 2.24) is 10.6 Å². The van der Waals surface area contributed by atoms with E-state index in [2.05, 4.69) is 22.9 Å². The summed E-state index contributed by atoms with van der Waals surface area (Å²) in [4.78, 5) is 16.8. The largest absolute Gasteiger partial charge is 0.385 e. The number of ether oxygens (including phenoxy) is 1. The van der Waals surface area contributed by atoms with Gasteiger partial charge in [-0.15, -0.1) is 24.0 Å². The number of aliphatic imine (C=N–C) groups is 1. The van der Waals surface area contributed by atoms with Crippen molar-refractivity contribution < 1.29 is 9.53 Å². The van der Waals surface area contributed by atoms with E-state index in [1.807, 2.05) is 38.1 Å². The van der Waals surface area contributed by atoms with Gasteiger partial charge in [-0.3, -0.25) is 4.79 Å². The number of nitrogens with zero attached hydrogens (tertiary/aromatic N) is 1. The maximum atomic E-state index is 12.0. The van der Waals surface area contributed by atoms with Crippen molar-refractivity contribution in [3.63, 3.8) is 0 Å². The van der Waals surface area contributed by atoms with Crippen LogP contribution >= 0.6 is 24.0 Å². The van der Waals surface area contributed by atoms with Crippen LogP contribution in [0.1, 0.15) is 58.4 Å². The van der Waals surface area contributed by atoms with Crippen molar-refractivity contribution in [2.45, 2.75) is 59.4 Å². The molecule has 0 aromatic heterocycles. The van der Waals surface area contributed by atoms with Gasteiger partial charge >= 0.3 is 0 Å². The molecule has 0 aliphatic heterocycles. The van der Waals surface area contributed by atoms with Crippen molar-refractivity contribution >= 4 is 41.5 Å². The number of methoxy groups -OCH3 is 1. The van der Waals surface area contributed by atoms with E-state index in [9.17, 15) is 4.79 Å². The van der Waals surface area contributed by atoms with Gasteiger partial charge < -0.3 is 20.7 Å². The highest BCUT2D eigenvalue weighted by molar-refractivity contribution is 14.0. The van der Waals surface area contributed by atoms with Crippen LogP contribution in [0.5, 0.6) is 0 Å². The lowest BCUT2D eigenvalue weighted by Gasteiger charge is -2.42. The molecule has 0 radical (unpaired) electrons. The molecular formula is C23H39IN4O2. The number of carbonyl (C=O) groups excluding carboxylic acids is 1. The minimum atomic E-state index is 0. The summed E-state index contributed by atoms with van der Waals surface area (Å²) in [6.45, 7) is 9.28. The van der Waals surface area contributed by atoms with Gasteiger partial charge in [0.2, 0.25) is 5.91 Å². The minimum Gasteiger partial charge on any atom is -0.385 e. The fraction of sp³-hybridized carbons (Fsp3) is 0.652. The molecule has 170 valence electrons. The van der Waals surface area contributed by atoms with Crippen molar-refractivity contribution in [3.8, 4) is 0 Å². The molecule has 1 aromatic carbocycles. The number of benzene rings is 1. The lowest BCUT2D eigenvalue weighted by atomic mass is 9.67. The van der Waals surface area contributed by atoms with Crippen LogP contribution < -0.4 is 16.0 Å². The molecule has 1 aromatic rings. The number of anilines is 1. The minimum absolute atomic E-state index is 0. The Hall–Kier alpha value is -1.35. The molecule has 7 heteroatoms. The average molecular weight is 530 g/mol. The molecule has 0 atom stereocenters. The van der Waals surface area contributed by atoms with Crippen molar-refractivity contribution in [1.29, 1.82) is 0 Å². The van der Waals surface area contributed by atoms with Crippen LogP contribution in [0.15, 0.2) is 29.3 Å². The lowest BCUT2D eigenvalue weighted by Crippen LogP contribution is -2.46. The molecule has 1 aliphatic carbocycles. The summed E-state index contributed by atoms with van der Waals surface area (Å²) in [5.74, 6) is 1.24. The number of carbonyl (C=O) groups is 1. The van der Waals surface area contributed by atoms with E-state index in [4.69, 9.17) is 9.73 Å². The summed E-state index contributed by atoms with van der Waals surface area (Å²) in [5, 5.41) is 9.84. The van der Waals surface area contributed by atoms with Gasteiger partial charge in [-0.05, 0) is 55.2 Å². The molecule has 0 bridgehead atoms. The Morgan fingerprint density at radius 1 is 1.27 bits per heavy atom. The molecule has 1 aliphatic rings. The summed E-state index contributed by atoms with van der Waals surface area (Å²) in [7, 11) is 1.77. The van der Waals surface area contributed by atoms with Gasteiger partial charge in [0.1, 0.15) is 0 Å². The topological polar surface area (TPSA) is 74.8 Å². The summed E-state index contributed by atoms with van der Waals surface area (Å²) in [6, 6.07) is 7.92. The zero-order valence-electron chi connectivity index (χ0n) is 18.9. The van der Waals surface area contributed by atoms with Gasteiger partial charge in [0, 0.05) is 38.9 Å². The van der Waals surface area contributed by atoms with E-state index in [1.54, 1.807) is 7.11 Å². The number of amides is 1. The fourth-order valence-corrected chi connectivity index (χ4v) is 3.62. The molecule has 0 heterocycles. The zero-order chi connectivity index (χ0) is 21.1. The molecule has 30 heavy (non-hydrogen) atoms. The highest BCUT2D eigenvalue weighted by Crippen LogP contribution is 2.43. The smallest absolute Gasteiger partial charge is 0.224 e. The van der Waals surface area contributed by atoms with E-state index < -0.39 is 0 Å². The van der Waals surface area contributed by atoms with Gasteiger partial charge in [-0.2, -0.15) is 0 Å². The third kappa shape index (κ3) is 9.20. The highest BCUT2D eigenvalue weighted by Gasteiger charge is 2.36. The van der Waals surface area contributed by atoms with Crippen molar-refractivity contribution in [2.24, 2.45) is 16.3 Å². The van der Waals surface area contributed by atoms with Crippen LogP contribution in [0.4, 0.5) is 5.69 Å². The van der Waals surface area contributed by atoms with Crippen LogP contribution in [0, 0.1) is 11.3 Å². The van der Waals surface area contributed by atoms with Crippen molar-refractivity contribution in [2.75, 3.05) is 32.1 Å².